The second kappa shape index (κ2) is 6.71. The van der Waals surface area contributed by atoms with E-state index < -0.39 is 17.6 Å². The molecule has 1 amide bonds. The number of hydrogen-bond donors (Lipinski definition) is 2. The van der Waals surface area contributed by atoms with Gasteiger partial charge in [-0.1, -0.05) is 12.1 Å². The highest BCUT2D eigenvalue weighted by molar-refractivity contribution is 9.10. The van der Waals surface area contributed by atoms with Gasteiger partial charge >= 0.3 is 6.18 Å². The van der Waals surface area contributed by atoms with Crippen LogP contribution < -0.4 is 5.32 Å². The van der Waals surface area contributed by atoms with Crippen LogP contribution in [-0.2, 0) is 12.7 Å². The second-order valence-corrected chi connectivity index (χ2v) is 6.03. The lowest BCUT2D eigenvalue weighted by Gasteiger charge is -2.08. The molecule has 0 radical (unpaired) electrons. The molecule has 3 rings (SSSR count). The largest absolute Gasteiger partial charge is 0.416 e. The number of halogens is 4. The number of rotatable bonds is 4. The van der Waals surface area contributed by atoms with Crippen molar-refractivity contribution in [1.82, 2.24) is 20.0 Å². The Morgan fingerprint density at radius 1 is 1.32 bits per heavy atom. The first-order valence-electron chi connectivity index (χ1n) is 7.02. The van der Waals surface area contributed by atoms with E-state index in [1.807, 2.05) is 0 Å². The van der Waals surface area contributed by atoms with E-state index in [1.54, 1.807) is 6.07 Å². The zero-order valence-electron chi connectivity index (χ0n) is 12.5. The Morgan fingerprint density at radius 3 is 2.80 bits per heavy atom. The quantitative estimate of drug-likeness (QED) is 0.684. The van der Waals surface area contributed by atoms with E-state index in [-0.39, 0.29) is 12.2 Å². The molecule has 2 heterocycles. The molecule has 0 spiro atoms. The van der Waals surface area contributed by atoms with Gasteiger partial charge in [0.1, 0.15) is 5.69 Å². The number of aromatic amines is 1. The minimum absolute atomic E-state index is 0.146. The lowest BCUT2D eigenvalue weighted by molar-refractivity contribution is -0.137. The molecule has 0 bridgehead atoms. The van der Waals surface area contributed by atoms with E-state index in [0.717, 1.165) is 12.1 Å². The molecule has 0 aliphatic rings. The van der Waals surface area contributed by atoms with E-state index in [4.69, 9.17) is 0 Å². The summed E-state index contributed by atoms with van der Waals surface area (Å²) in [4.78, 5) is 12.0. The van der Waals surface area contributed by atoms with Gasteiger partial charge in [-0.2, -0.15) is 23.4 Å². The maximum atomic E-state index is 12.7. The number of alkyl halides is 3. The van der Waals surface area contributed by atoms with Crippen LogP contribution in [0.3, 0.4) is 0 Å². The van der Waals surface area contributed by atoms with Crippen molar-refractivity contribution in [3.8, 4) is 0 Å². The molecule has 1 aromatic carbocycles. The van der Waals surface area contributed by atoms with Crippen molar-refractivity contribution < 1.29 is 18.0 Å². The summed E-state index contributed by atoms with van der Waals surface area (Å²) >= 11 is 3.19. The molecule has 3 aromatic rings. The van der Waals surface area contributed by atoms with Gasteiger partial charge in [-0.15, -0.1) is 0 Å². The van der Waals surface area contributed by atoms with Gasteiger partial charge in [0.25, 0.3) is 5.91 Å². The van der Waals surface area contributed by atoms with E-state index >= 15 is 0 Å². The minimum atomic E-state index is -4.39. The summed E-state index contributed by atoms with van der Waals surface area (Å²) < 4.78 is 40.2. The maximum absolute atomic E-state index is 12.7. The Labute approximate surface area is 148 Å². The Morgan fingerprint density at radius 2 is 2.12 bits per heavy atom. The average Bonchev–Trinajstić information content (AvgIpc) is 3.16. The predicted molar refractivity (Wildman–Crippen MR) is 87.0 cm³/mol. The first kappa shape index (κ1) is 17.2. The van der Waals surface area contributed by atoms with Crippen LogP contribution in [0.4, 0.5) is 18.9 Å². The smallest absolute Gasteiger partial charge is 0.318 e. The number of carbonyl (C=O) groups excluding carboxylic acids is 1. The molecule has 25 heavy (non-hydrogen) atoms. The number of hydrogen-bond acceptors (Lipinski definition) is 3. The number of nitrogens with one attached hydrogen (secondary N) is 2. The van der Waals surface area contributed by atoms with Crippen LogP contribution in [0.5, 0.6) is 0 Å². The van der Waals surface area contributed by atoms with Crippen LogP contribution in [0.25, 0.3) is 0 Å². The normalized spacial score (nSPS) is 11.5. The first-order valence-corrected chi connectivity index (χ1v) is 7.81. The third-order valence-electron chi connectivity index (χ3n) is 3.31. The molecule has 6 nitrogen and oxygen atoms in total. The van der Waals surface area contributed by atoms with Crippen molar-refractivity contribution in [2.45, 2.75) is 12.7 Å². The van der Waals surface area contributed by atoms with Crippen molar-refractivity contribution in [2.75, 3.05) is 5.32 Å². The van der Waals surface area contributed by atoms with E-state index in [0.29, 0.717) is 15.7 Å². The lowest BCUT2D eigenvalue weighted by atomic mass is 10.1. The Bertz CT molecular complexity index is 902. The van der Waals surface area contributed by atoms with Crippen LogP contribution in [0, 0.1) is 0 Å². The van der Waals surface area contributed by atoms with Crippen molar-refractivity contribution in [3.63, 3.8) is 0 Å². The molecule has 2 aromatic heterocycles. The van der Waals surface area contributed by atoms with Crippen LogP contribution in [0.15, 0.2) is 47.3 Å². The number of nitrogens with zero attached hydrogens (tertiary/aromatic N) is 3. The number of amides is 1. The van der Waals surface area contributed by atoms with Crippen molar-refractivity contribution >= 4 is 27.5 Å². The molecule has 0 saturated carbocycles. The average molecular weight is 414 g/mol. The van der Waals surface area contributed by atoms with Gasteiger partial charge in [0.15, 0.2) is 0 Å². The summed E-state index contributed by atoms with van der Waals surface area (Å²) in [5.74, 6) is -0.414. The molecular formula is C15H11BrF3N5O. The third kappa shape index (κ3) is 4.08. The summed E-state index contributed by atoms with van der Waals surface area (Å²) in [6.45, 7) is 0.146. The molecule has 0 atom stereocenters. The monoisotopic (exact) mass is 413 g/mol. The Balaban J connectivity index is 1.70. The highest BCUT2D eigenvalue weighted by Gasteiger charge is 2.30. The van der Waals surface area contributed by atoms with Gasteiger partial charge in [0.2, 0.25) is 0 Å². The van der Waals surface area contributed by atoms with Crippen molar-refractivity contribution in [3.05, 3.63) is 64.1 Å². The molecule has 0 saturated heterocycles. The zero-order valence-corrected chi connectivity index (χ0v) is 14.1. The minimum Gasteiger partial charge on any atom is -0.318 e. The summed E-state index contributed by atoms with van der Waals surface area (Å²) in [5.41, 5.74) is 0.408. The highest BCUT2D eigenvalue weighted by Crippen LogP contribution is 2.29. The van der Waals surface area contributed by atoms with Gasteiger partial charge in [-0.25, -0.2) is 0 Å². The van der Waals surface area contributed by atoms with Crippen molar-refractivity contribution in [1.29, 1.82) is 0 Å². The molecule has 0 aliphatic heterocycles. The summed E-state index contributed by atoms with van der Waals surface area (Å²) in [6.07, 6.45) is 0.000909. The Hall–Kier alpha value is -2.62. The molecule has 0 fully saturated rings. The van der Waals surface area contributed by atoms with E-state index in [2.05, 4.69) is 36.5 Å². The summed E-state index contributed by atoms with van der Waals surface area (Å²) in [6, 6.07) is 5.01. The number of aromatic nitrogens is 4. The summed E-state index contributed by atoms with van der Waals surface area (Å²) in [7, 11) is 0. The van der Waals surface area contributed by atoms with Gasteiger partial charge < -0.3 is 5.32 Å². The lowest BCUT2D eigenvalue weighted by Crippen LogP contribution is -2.12. The van der Waals surface area contributed by atoms with E-state index in [1.165, 1.54) is 29.3 Å². The van der Waals surface area contributed by atoms with Crippen LogP contribution >= 0.6 is 15.9 Å². The van der Waals surface area contributed by atoms with Crippen molar-refractivity contribution in [2.24, 2.45) is 0 Å². The SMILES string of the molecule is O=C(Nc1cnn(Cc2cccc(C(F)(F)F)c2)c1)c1[nH]ncc1Br. The molecule has 10 heteroatoms. The van der Waals surface area contributed by atoms with Gasteiger partial charge in [0.05, 0.1) is 34.7 Å². The number of benzene rings is 1. The highest BCUT2D eigenvalue weighted by atomic mass is 79.9. The van der Waals surface area contributed by atoms with E-state index in [9.17, 15) is 18.0 Å². The predicted octanol–water partition coefficient (Wildman–Crippen LogP) is 3.69. The van der Waals surface area contributed by atoms with Crippen LogP contribution in [-0.4, -0.2) is 25.9 Å². The number of carbonyl (C=O) groups is 1. The van der Waals surface area contributed by atoms with Gasteiger partial charge in [0, 0.05) is 6.20 Å². The third-order valence-corrected chi connectivity index (χ3v) is 3.91. The molecule has 0 aliphatic carbocycles. The van der Waals surface area contributed by atoms with Crippen LogP contribution in [0.1, 0.15) is 21.6 Å². The Kier molecular flexibility index (Phi) is 4.62. The fourth-order valence-electron chi connectivity index (χ4n) is 2.17. The number of anilines is 1. The standard InChI is InChI=1S/C15H11BrF3N5O/c16-12-6-20-23-13(12)14(25)22-11-5-21-24(8-11)7-9-2-1-3-10(4-9)15(17,18)19/h1-6,8H,7H2,(H,20,23)(H,22,25). The zero-order chi connectivity index (χ0) is 18.0. The fourth-order valence-corrected chi connectivity index (χ4v) is 2.54. The topological polar surface area (TPSA) is 75.6 Å². The fraction of sp³-hybridized carbons (Fsp3) is 0.133. The molecule has 0 unspecified atom stereocenters. The maximum Gasteiger partial charge on any atom is 0.416 e. The van der Waals surface area contributed by atoms with Crippen LogP contribution in [0.2, 0.25) is 0 Å². The summed E-state index contributed by atoms with van der Waals surface area (Å²) in [5, 5.41) is 12.9. The second-order valence-electron chi connectivity index (χ2n) is 5.17. The molecular weight excluding hydrogens is 403 g/mol. The van der Waals surface area contributed by atoms with Gasteiger partial charge in [-0.3, -0.25) is 14.6 Å². The molecule has 2 N–H and O–H groups in total. The molecule has 130 valence electrons. The first-order chi connectivity index (χ1) is 11.8. The van der Waals surface area contributed by atoms with Gasteiger partial charge in [-0.05, 0) is 33.6 Å². The number of H-pyrrole nitrogens is 1.